The molecule has 2 rings (SSSR count). The number of nitrogens with zero attached hydrogens (tertiary/aromatic N) is 2. The standard InChI is InChI=1S/C13H14FN3O/c1-15-6-7-18-10-8-16-13(17-9-10)11-4-2-3-5-12(11)14/h2-5,8-9,15H,6-7H2,1H3. The Bertz CT molecular complexity index is 502. The number of aromatic nitrogens is 2. The Hall–Kier alpha value is -2.01. The van der Waals surface area contributed by atoms with E-state index in [0.717, 1.165) is 6.54 Å². The van der Waals surface area contributed by atoms with Gasteiger partial charge in [-0.15, -0.1) is 0 Å². The first-order valence-electron chi connectivity index (χ1n) is 5.65. The van der Waals surface area contributed by atoms with E-state index in [-0.39, 0.29) is 5.82 Å². The Morgan fingerprint density at radius 3 is 2.61 bits per heavy atom. The zero-order chi connectivity index (χ0) is 12.8. The van der Waals surface area contributed by atoms with Crippen molar-refractivity contribution < 1.29 is 9.13 Å². The zero-order valence-electron chi connectivity index (χ0n) is 10.1. The average Bonchev–Trinajstić information content (AvgIpc) is 2.41. The number of hydrogen-bond donors (Lipinski definition) is 1. The van der Waals surface area contributed by atoms with Crippen LogP contribution in [0.4, 0.5) is 4.39 Å². The summed E-state index contributed by atoms with van der Waals surface area (Å²) in [4.78, 5) is 8.18. The maximum Gasteiger partial charge on any atom is 0.162 e. The van der Waals surface area contributed by atoms with Crippen LogP contribution < -0.4 is 10.1 Å². The lowest BCUT2D eigenvalue weighted by molar-refractivity contribution is 0.316. The Morgan fingerprint density at radius 2 is 1.94 bits per heavy atom. The largest absolute Gasteiger partial charge is 0.489 e. The summed E-state index contributed by atoms with van der Waals surface area (Å²) in [5.74, 6) is 0.598. The molecule has 0 unspecified atom stereocenters. The van der Waals surface area contributed by atoms with Crippen molar-refractivity contribution in [1.29, 1.82) is 0 Å². The zero-order valence-corrected chi connectivity index (χ0v) is 10.1. The van der Waals surface area contributed by atoms with Gasteiger partial charge in [0.05, 0.1) is 18.0 Å². The summed E-state index contributed by atoms with van der Waals surface area (Å²) in [6.07, 6.45) is 3.09. The van der Waals surface area contributed by atoms with Gasteiger partial charge in [-0.3, -0.25) is 0 Å². The van der Waals surface area contributed by atoms with Crippen LogP contribution in [0.25, 0.3) is 11.4 Å². The van der Waals surface area contributed by atoms with Gasteiger partial charge < -0.3 is 10.1 Å². The summed E-state index contributed by atoms with van der Waals surface area (Å²) in [5.41, 5.74) is 0.388. The fourth-order valence-corrected chi connectivity index (χ4v) is 1.44. The molecule has 4 nitrogen and oxygen atoms in total. The molecular formula is C13H14FN3O. The van der Waals surface area contributed by atoms with Crippen molar-refractivity contribution in [2.75, 3.05) is 20.2 Å². The predicted molar refractivity (Wildman–Crippen MR) is 66.8 cm³/mol. The topological polar surface area (TPSA) is 47.0 Å². The molecule has 2 aromatic rings. The number of halogens is 1. The summed E-state index contributed by atoms with van der Waals surface area (Å²) in [6, 6.07) is 6.41. The maximum atomic E-state index is 13.5. The van der Waals surface area contributed by atoms with Crippen LogP contribution in [0.15, 0.2) is 36.7 Å². The maximum absolute atomic E-state index is 13.5. The smallest absolute Gasteiger partial charge is 0.162 e. The van der Waals surface area contributed by atoms with Gasteiger partial charge >= 0.3 is 0 Å². The van der Waals surface area contributed by atoms with E-state index in [1.807, 2.05) is 7.05 Å². The molecule has 0 saturated heterocycles. The van der Waals surface area contributed by atoms with Crippen molar-refractivity contribution in [3.63, 3.8) is 0 Å². The van der Waals surface area contributed by atoms with Crippen molar-refractivity contribution in [2.45, 2.75) is 0 Å². The van der Waals surface area contributed by atoms with Crippen molar-refractivity contribution in [3.8, 4) is 17.1 Å². The predicted octanol–water partition coefficient (Wildman–Crippen LogP) is 1.88. The highest BCUT2D eigenvalue weighted by Gasteiger charge is 2.06. The molecule has 1 aromatic carbocycles. The molecule has 1 heterocycles. The lowest BCUT2D eigenvalue weighted by Gasteiger charge is -2.06. The first kappa shape index (κ1) is 12.4. The number of ether oxygens (including phenoxy) is 1. The second-order valence-electron chi connectivity index (χ2n) is 3.67. The molecule has 0 saturated carbocycles. The third-order valence-electron chi connectivity index (χ3n) is 2.36. The highest BCUT2D eigenvalue weighted by atomic mass is 19.1. The van der Waals surface area contributed by atoms with E-state index < -0.39 is 0 Å². The van der Waals surface area contributed by atoms with Gasteiger partial charge in [-0.05, 0) is 19.2 Å². The van der Waals surface area contributed by atoms with Gasteiger partial charge in [-0.2, -0.15) is 0 Å². The van der Waals surface area contributed by atoms with Gasteiger partial charge in [0.25, 0.3) is 0 Å². The third-order valence-corrected chi connectivity index (χ3v) is 2.36. The van der Waals surface area contributed by atoms with Gasteiger partial charge in [0.15, 0.2) is 11.6 Å². The van der Waals surface area contributed by atoms with E-state index in [0.29, 0.717) is 23.7 Å². The fourth-order valence-electron chi connectivity index (χ4n) is 1.44. The van der Waals surface area contributed by atoms with Crippen LogP contribution in [0.2, 0.25) is 0 Å². The molecule has 5 heteroatoms. The van der Waals surface area contributed by atoms with Gasteiger partial charge in [-0.1, -0.05) is 12.1 Å². The second-order valence-corrected chi connectivity index (χ2v) is 3.67. The van der Waals surface area contributed by atoms with Gasteiger partial charge in [0.1, 0.15) is 12.4 Å². The minimum absolute atomic E-state index is 0.332. The summed E-state index contributed by atoms with van der Waals surface area (Å²) >= 11 is 0. The van der Waals surface area contributed by atoms with Crippen LogP contribution in [0.5, 0.6) is 5.75 Å². The van der Waals surface area contributed by atoms with E-state index >= 15 is 0 Å². The average molecular weight is 247 g/mol. The minimum Gasteiger partial charge on any atom is -0.489 e. The monoisotopic (exact) mass is 247 g/mol. The molecule has 0 atom stereocenters. The lowest BCUT2D eigenvalue weighted by atomic mass is 10.2. The Balaban J connectivity index is 2.10. The molecule has 1 N–H and O–H groups in total. The highest BCUT2D eigenvalue weighted by molar-refractivity contribution is 5.55. The molecule has 0 spiro atoms. The van der Waals surface area contributed by atoms with Crippen molar-refractivity contribution >= 4 is 0 Å². The number of likely N-dealkylation sites (N-methyl/N-ethyl adjacent to an activating group) is 1. The molecule has 0 aliphatic rings. The van der Waals surface area contributed by atoms with Crippen LogP contribution >= 0.6 is 0 Å². The lowest BCUT2D eigenvalue weighted by Crippen LogP contribution is -2.16. The quantitative estimate of drug-likeness (QED) is 0.819. The molecule has 0 aliphatic carbocycles. The molecule has 0 amide bonds. The summed E-state index contributed by atoms with van der Waals surface area (Å²) in [6.45, 7) is 1.29. The van der Waals surface area contributed by atoms with E-state index in [1.165, 1.54) is 6.07 Å². The van der Waals surface area contributed by atoms with Crippen LogP contribution in [0, 0.1) is 5.82 Å². The first-order valence-corrected chi connectivity index (χ1v) is 5.65. The molecule has 0 aliphatic heterocycles. The van der Waals surface area contributed by atoms with E-state index in [4.69, 9.17) is 4.74 Å². The second kappa shape index (κ2) is 6.07. The van der Waals surface area contributed by atoms with Crippen LogP contribution in [-0.2, 0) is 0 Å². The number of rotatable bonds is 5. The highest BCUT2D eigenvalue weighted by Crippen LogP contribution is 2.19. The van der Waals surface area contributed by atoms with E-state index in [2.05, 4.69) is 15.3 Å². The number of benzene rings is 1. The molecule has 0 radical (unpaired) electrons. The van der Waals surface area contributed by atoms with Crippen LogP contribution in [0.1, 0.15) is 0 Å². The van der Waals surface area contributed by atoms with Crippen molar-refractivity contribution in [1.82, 2.24) is 15.3 Å². The van der Waals surface area contributed by atoms with E-state index in [1.54, 1.807) is 30.6 Å². The van der Waals surface area contributed by atoms with Gasteiger partial charge in [-0.25, -0.2) is 14.4 Å². The summed E-state index contributed by atoms with van der Waals surface area (Å²) in [5, 5.41) is 2.97. The number of hydrogen-bond acceptors (Lipinski definition) is 4. The molecular weight excluding hydrogens is 233 g/mol. The Labute approximate surface area is 105 Å². The fraction of sp³-hybridized carbons (Fsp3) is 0.231. The molecule has 0 fully saturated rings. The molecule has 0 bridgehead atoms. The van der Waals surface area contributed by atoms with Crippen molar-refractivity contribution in [2.24, 2.45) is 0 Å². The van der Waals surface area contributed by atoms with Crippen LogP contribution in [-0.4, -0.2) is 30.2 Å². The van der Waals surface area contributed by atoms with E-state index in [9.17, 15) is 4.39 Å². The SMILES string of the molecule is CNCCOc1cnc(-c2ccccc2F)nc1. The van der Waals surface area contributed by atoms with Gasteiger partial charge in [0.2, 0.25) is 0 Å². The minimum atomic E-state index is -0.332. The van der Waals surface area contributed by atoms with Gasteiger partial charge in [0, 0.05) is 6.54 Å². The van der Waals surface area contributed by atoms with Crippen LogP contribution in [0.3, 0.4) is 0 Å². The molecule has 18 heavy (non-hydrogen) atoms. The molecule has 1 aromatic heterocycles. The molecule has 94 valence electrons. The Kier molecular flexibility index (Phi) is 4.20. The third kappa shape index (κ3) is 3.01. The Morgan fingerprint density at radius 1 is 1.22 bits per heavy atom. The first-order chi connectivity index (χ1) is 8.81. The normalized spacial score (nSPS) is 10.3. The number of nitrogens with one attached hydrogen (secondary N) is 1. The van der Waals surface area contributed by atoms with Crippen molar-refractivity contribution in [3.05, 3.63) is 42.5 Å². The summed E-state index contributed by atoms with van der Waals surface area (Å²) < 4.78 is 18.9. The summed E-state index contributed by atoms with van der Waals surface area (Å²) in [7, 11) is 1.85.